The van der Waals surface area contributed by atoms with Gasteiger partial charge in [-0.25, -0.2) is 4.79 Å². The zero-order valence-electron chi connectivity index (χ0n) is 15.3. The summed E-state index contributed by atoms with van der Waals surface area (Å²) in [6, 6.07) is 23.1. The maximum absolute atomic E-state index is 12.9. The van der Waals surface area contributed by atoms with E-state index in [0.717, 1.165) is 0 Å². The van der Waals surface area contributed by atoms with Gasteiger partial charge in [-0.05, 0) is 23.8 Å². The Morgan fingerprint density at radius 2 is 1.45 bits per heavy atom. The number of hydrogen-bond donors (Lipinski definition) is 0. The molecule has 0 radical (unpaired) electrons. The minimum absolute atomic E-state index is 0.0395. The molecule has 0 spiro atoms. The van der Waals surface area contributed by atoms with E-state index in [-0.39, 0.29) is 11.5 Å². The summed E-state index contributed by atoms with van der Waals surface area (Å²) in [5.41, 5.74) is 1.56. The third-order valence-corrected chi connectivity index (χ3v) is 4.15. The van der Waals surface area contributed by atoms with Gasteiger partial charge in [0.25, 0.3) is 5.69 Å². The maximum atomic E-state index is 12.9. The summed E-state index contributed by atoms with van der Waals surface area (Å²) in [5.74, 6) is -1.02. The fourth-order valence-electron chi connectivity index (χ4n) is 2.68. The zero-order chi connectivity index (χ0) is 20.6. The third kappa shape index (κ3) is 5.23. The van der Waals surface area contributed by atoms with Crippen molar-refractivity contribution in [2.45, 2.75) is 6.10 Å². The standard InChI is InChI=1S/C23H17NO5/c25-21(16-13-17-11-14-20(15-12-17)24(27)28)29-23(19-9-5-2-6-10-19)22(26)18-7-3-1-4-8-18/h1-16,23H/b16-13+/t23-/m1/s1. The summed E-state index contributed by atoms with van der Waals surface area (Å²) in [4.78, 5) is 35.4. The number of carbonyl (C=O) groups is 2. The Balaban J connectivity index is 1.77. The molecule has 6 nitrogen and oxygen atoms in total. The molecule has 0 saturated heterocycles. The number of Topliss-reactive ketones (excluding diaryl/α,β-unsaturated/α-hetero) is 1. The molecule has 0 aromatic heterocycles. The average Bonchev–Trinajstić information content (AvgIpc) is 2.77. The highest BCUT2D eigenvalue weighted by Gasteiger charge is 2.25. The first-order chi connectivity index (χ1) is 14.0. The van der Waals surface area contributed by atoms with Crippen LogP contribution in [0.15, 0.2) is 91.0 Å². The summed E-state index contributed by atoms with van der Waals surface area (Å²) in [6.07, 6.45) is 1.59. The van der Waals surface area contributed by atoms with Crippen LogP contribution < -0.4 is 0 Å². The summed E-state index contributed by atoms with van der Waals surface area (Å²) >= 11 is 0. The highest BCUT2D eigenvalue weighted by molar-refractivity contribution is 6.01. The van der Waals surface area contributed by atoms with E-state index in [1.54, 1.807) is 54.6 Å². The van der Waals surface area contributed by atoms with Crippen molar-refractivity contribution in [3.8, 4) is 0 Å². The van der Waals surface area contributed by atoms with Crippen LogP contribution in [0.3, 0.4) is 0 Å². The second-order valence-electron chi connectivity index (χ2n) is 6.14. The van der Waals surface area contributed by atoms with Gasteiger partial charge in [0.1, 0.15) is 0 Å². The van der Waals surface area contributed by atoms with Crippen LogP contribution in [0, 0.1) is 10.1 Å². The first-order valence-corrected chi connectivity index (χ1v) is 8.82. The first kappa shape index (κ1) is 19.7. The lowest BCUT2D eigenvalue weighted by molar-refractivity contribution is -0.384. The Bertz CT molecular complexity index is 1030. The average molecular weight is 387 g/mol. The molecule has 0 aliphatic carbocycles. The van der Waals surface area contributed by atoms with Gasteiger partial charge < -0.3 is 4.74 Å². The fourth-order valence-corrected chi connectivity index (χ4v) is 2.68. The molecule has 3 rings (SSSR count). The van der Waals surface area contributed by atoms with Crippen molar-refractivity contribution in [1.82, 2.24) is 0 Å². The lowest BCUT2D eigenvalue weighted by Crippen LogP contribution is -2.19. The SMILES string of the molecule is O=C(/C=C/c1ccc([N+](=O)[O-])cc1)O[C@@H](C(=O)c1ccccc1)c1ccccc1. The van der Waals surface area contributed by atoms with E-state index in [4.69, 9.17) is 4.74 Å². The van der Waals surface area contributed by atoms with E-state index >= 15 is 0 Å². The number of ether oxygens (including phenoxy) is 1. The van der Waals surface area contributed by atoms with Gasteiger partial charge in [0, 0.05) is 29.3 Å². The van der Waals surface area contributed by atoms with Gasteiger partial charge in [0.15, 0.2) is 6.10 Å². The molecular weight excluding hydrogens is 370 g/mol. The number of non-ortho nitro benzene ring substituents is 1. The molecule has 1 atom stereocenters. The number of hydrogen-bond acceptors (Lipinski definition) is 5. The molecule has 144 valence electrons. The molecule has 6 heteroatoms. The topological polar surface area (TPSA) is 86.5 Å². The molecule has 0 N–H and O–H groups in total. The van der Waals surface area contributed by atoms with Crippen LogP contribution in [0.4, 0.5) is 5.69 Å². The number of nitro groups is 1. The molecule has 3 aromatic carbocycles. The van der Waals surface area contributed by atoms with Gasteiger partial charge in [-0.15, -0.1) is 0 Å². The zero-order valence-corrected chi connectivity index (χ0v) is 15.3. The summed E-state index contributed by atoms with van der Waals surface area (Å²) in [5, 5.41) is 10.7. The van der Waals surface area contributed by atoms with Gasteiger partial charge in [-0.1, -0.05) is 60.7 Å². The summed E-state index contributed by atoms with van der Waals surface area (Å²) in [7, 11) is 0. The van der Waals surface area contributed by atoms with E-state index in [0.29, 0.717) is 16.7 Å². The highest BCUT2D eigenvalue weighted by atomic mass is 16.6. The van der Waals surface area contributed by atoms with Crippen molar-refractivity contribution >= 4 is 23.5 Å². The van der Waals surface area contributed by atoms with Crippen molar-refractivity contribution < 1.29 is 19.2 Å². The number of ketones is 1. The minimum Gasteiger partial charge on any atom is -0.446 e. The number of rotatable bonds is 7. The van der Waals surface area contributed by atoms with E-state index in [1.165, 1.54) is 36.4 Å². The maximum Gasteiger partial charge on any atom is 0.331 e. The van der Waals surface area contributed by atoms with Crippen LogP contribution in [0.25, 0.3) is 6.08 Å². The lowest BCUT2D eigenvalue weighted by atomic mass is 10.00. The molecule has 0 fully saturated rings. The Morgan fingerprint density at radius 3 is 2.03 bits per heavy atom. The first-order valence-electron chi connectivity index (χ1n) is 8.82. The monoisotopic (exact) mass is 387 g/mol. The van der Waals surface area contributed by atoms with Crippen LogP contribution >= 0.6 is 0 Å². The van der Waals surface area contributed by atoms with E-state index in [2.05, 4.69) is 0 Å². The van der Waals surface area contributed by atoms with Crippen molar-refractivity contribution in [3.05, 3.63) is 118 Å². The van der Waals surface area contributed by atoms with Crippen LogP contribution in [0.2, 0.25) is 0 Å². The molecular formula is C23H17NO5. The summed E-state index contributed by atoms with van der Waals surface area (Å²) in [6.45, 7) is 0. The number of esters is 1. The molecule has 0 amide bonds. The van der Waals surface area contributed by atoms with Crippen molar-refractivity contribution in [2.24, 2.45) is 0 Å². The van der Waals surface area contributed by atoms with Crippen molar-refractivity contribution in [3.63, 3.8) is 0 Å². The Morgan fingerprint density at radius 1 is 0.862 bits per heavy atom. The van der Waals surface area contributed by atoms with E-state index in [1.807, 2.05) is 6.07 Å². The number of nitrogens with zero attached hydrogens (tertiary/aromatic N) is 1. The normalized spacial score (nSPS) is 11.7. The Kier molecular flexibility index (Phi) is 6.27. The molecule has 0 aliphatic heterocycles. The fraction of sp³-hybridized carbons (Fsp3) is 0.0435. The second kappa shape index (κ2) is 9.23. The van der Waals surface area contributed by atoms with E-state index < -0.39 is 17.0 Å². The van der Waals surface area contributed by atoms with Crippen LogP contribution in [0.5, 0.6) is 0 Å². The summed E-state index contributed by atoms with van der Waals surface area (Å²) < 4.78 is 5.45. The number of nitro benzene ring substituents is 1. The van der Waals surface area contributed by atoms with Gasteiger partial charge in [-0.2, -0.15) is 0 Å². The van der Waals surface area contributed by atoms with E-state index in [9.17, 15) is 19.7 Å². The predicted molar refractivity (Wildman–Crippen MR) is 108 cm³/mol. The molecule has 3 aromatic rings. The highest BCUT2D eigenvalue weighted by Crippen LogP contribution is 2.23. The van der Waals surface area contributed by atoms with Crippen LogP contribution in [0.1, 0.15) is 27.6 Å². The number of benzene rings is 3. The minimum atomic E-state index is -1.08. The lowest BCUT2D eigenvalue weighted by Gasteiger charge is -2.16. The molecule has 0 aliphatic rings. The van der Waals surface area contributed by atoms with Crippen molar-refractivity contribution in [1.29, 1.82) is 0 Å². The predicted octanol–water partition coefficient (Wildman–Crippen LogP) is 4.78. The molecule has 0 unspecified atom stereocenters. The molecule has 0 bridgehead atoms. The number of carbonyl (C=O) groups excluding carboxylic acids is 2. The van der Waals surface area contributed by atoms with Gasteiger partial charge in [-0.3, -0.25) is 14.9 Å². The van der Waals surface area contributed by atoms with Crippen LogP contribution in [-0.4, -0.2) is 16.7 Å². The van der Waals surface area contributed by atoms with Crippen LogP contribution in [-0.2, 0) is 9.53 Å². The van der Waals surface area contributed by atoms with Gasteiger partial charge >= 0.3 is 5.97 Å². The smallest absolute Gasteiger partial charge is 0.331 e. The quantitative estimate of drug-likeness (QED) is 0.191. The largest absolute Gasteiger partial charge is 0.446 e. The Labute approximate surface area is 167 Å². The van der Waals surface area contributed by atoms with Crippen molar-refractivity contribution in [2.75, 3.05) is 0 Å². The molecule has 0 saturated carbocycles. The van der Waals surface area contributed by atoms with Gasteiger partial charge in [0.2, 0.25) is 5.78 Å². The molecule has 29 heavy (non-hydrogen) atoms. The Hall–Kier alpha value is -4.06. The molecule has 0 heterocycles. The third-order valence-electron chi connectivity index (χ3n) is 4.15. The second-order valence-corrected chi connectivity index (χ2v) is 6.14. The van der Waals surface area contributed by atoms with Gasteiger partial charge in [0.05, 0.1) is 4.92 Å².